The third kappa shape index (κ3) is 4.70. The molecule has 0 bridgehead atoms. The van der Waals surface area contributed by atoms with Gasteiger partial charge in [-0.15, -0.1) is 0 Å². The average Bonchev–Trinajstić information content (AvgIpc) is 3.41. The normalized spacial score (nSPS) is 12.2. The molecule has 0 aliphatic heterocycles. The molecule has 2 heterocycles. The molecule has 0 amide bonds. The highest BCUT2D eigenvalue weighted by atomic mass is 16.4. The second kappa shape index (κ2) is 9.11. The summed E-state index contributed by atoms with van der Waals surface area (Å²) < 4.78 is 7.27. The van der Waals surface area contributed by atoms with E-state index in [4.69, 9.17) is 9.52 Å². The standard InChI is InChI=1S/C25H27N3O2/c1-18-10-11-21(13-19(18)2)25-22(14-26-15-23(29)24-9-6-12-30-24)17-28(27-25)16-20-7-4-3-5-8-20/h3-13,17,23,26,29H,14-16H2,1-2H3. The first-order chi connectivity index (χ1) is 14.6. The molecule has 0 spiro atoms. The van der Waals surface area contributed by atoms with Crippen LogP contribution in [0.3, 0.4) is 0 Å². The maximum atomic E-state index is 10.3. The van der Waals surface area contributed by atoms with E-state index in [1.165, 1.54) is 16.7 Å². The van der Waals surface area contributed by atoms with Crippen LogP contribution in [0, 0.1) is 13.8 Å². The number of aryl methyl sites for hydroxylation is 2. The van der Waals surface area contributed by atoms with Gasteiger partial charge in [-0.25, -0.2) is 0 Å². The molecule has 5 heteroatoms. The third-order valence-corrected chi connectivity index (χ3v) is 5.33. The fraction of sp³-hybridized carbons (Fsp3) is 0.240. The van der Waals surface area contributed by atoms with Crippen molar-refractivity contribution in [3.05, 3.63) is 101 Å². The van der Waals surface area contributed by atoms with E-state index in [-0.39, 0.29) is 0 Å². The molecule has 0 saturated carbocycles. The van der Waals surface area contributed by atoms with Crippen LogP contribution >= 0.6 is 0 Å². The number of furan rings is 1. The number of nitrogens with one attached hydrogen (secondary N) is 1. The summed E-state index contributed by atoms with van der Waals surface area (Å²) in [7, 11) is 0. The second-order valence-electron chi connectivity index (χ2n) is 7.65. The van der Waals surface area contributed by atoms with Gasteiger partial charge in [-0.2, -0.15) is 5.10 Å². The third-order valence-electron chi connectivity index (χ3n) is 5.33. The van der Waals surface area contributed by atoms with Crippen molar-refractivity contribution < 1.29 is 9.52 Å². The molecular weight excluding hydrogens is 374 g/mol. The van der Waals surface area contributed by atoms with Gasteiger partial charge in [0.05, 0.1) is 18.5 Å². The Morgan fingerprint density at radius 1 is 1.03 bits per heavy atom. The lowest BCUT2D eigenvalue weighted by atomic mass is 10.0. The summed E-state index contributed by atoms with van der Waals surface area (Å²) >= 11 is 0. The largest absolute Gasteiger partial charge is 0.467 e. The summed E-state index contributed by atoms with van der Waals surface area (Å²) in [5.74, 6) is 0.566. The fourth-order valence-corrected chi connectivity index (χ4v) is 3.50. The number of aliphatic hydroxyl groups is 1. The first-order valence-corrected chi connectivity index (χ1v) is 10.2. The summed E-state index contributed by atoms with van der Waals surface area (Å²) in [6.07, 6.45) is 2.98. The number of hydrogen-bond donors (Lipinski definition) is 2. The van der Waals surface area contributed by atoms with Gasteiger partial charge in [-0.3, -0.25) is 4.68 Å². The number of rotatable bonds is 8. The predicted molar refractivity (Wildman–Crippen MR) is 118 cm³/mol. The van der Waals surface area contributed by atoms with E-state index >= 15 is 0 Å². The molecule has 2 N–H and O–H groups in total. The Hall–Kier alpha value is -3.15. The Morgan fingerprint density at radius 3 is 2.60 bits per heavy atom. The SMILES string of the molecule is Cc1ccc(-c2nn(Cc3ccccc3)cc2CNCC(O)c2ccco2)cc1C. The lowest BCUT2D eigenvalue weighted by molar-refractivity contribution is 0.147. The summed E-state index contributed by atoms with van der Waals surface area (Å²) in [6.45, 7) is 5.97. The van der Waals surface area contributed by atoms with E-state index in [2.05, 4.69) is 55.7 Å². The minimum atomic E-state index is -0.676. The maximum absolute atomic E-state index is 10.3. The van der Waals surface area contributed by atoms with Crippen molar-refractivity contribution in [2.24, 2.45) is 0 Å². The highest BCUT2D eigenvalue weighted by Gasteiger charge is 2.14. The number of aliphatic hydroxyl groups excluding tert-OH is 1. The van der Waals surface area contributed by atoms with E-state index in [1.807, 2.05) is 22.9 Å². The monoisotopic (exact) mass is 401 g/mol. The van der Waals surface area contributed by atoms with Gasteiger partial charge in [-0.05, 0) is 48.7 Å². The van der Waals surface area contributed by atoms with Crippen LogP contribution in [0.4, 0.5) is 0 Å². The zero-order chi connectivity index (χ0) is 20.9. The van der Waals surface area contributed by atoms with Gasteiger partial charge in [0.1, 0.15) is 11.9 Å². The first-order valence-electron chi connectivity index (χ1n) is 10.2. The molecule has 0 saturated heterocycles. The smallest absolute Gasteiger partial charge is 0.133 e. The van der Waals surface area contributed by atoms with Gasteiger partial charge in [0.15, 0.2) is 0 Å². The Labute approximate surface area is 177 Å². The zero-order valence-corrected chi connectivity index (χ0v) is 17.4. The van der Waals surface area contributed by atoms with Crippen molar-refractivity contribution in [1.29, 1.82) is 0 Å². The minimum Gasteiger partial charge on any atom is -0.467 e. The van der Waals surface area contributed by atoms with Crippen LogP contribution in [-0.2, 0) is 13.1 Å². The molecule has 2 aromatic heterocycles. The number of benzene rings is 2. The topological polar surface area (TPSA) is 63.2 Å². The van der Waals surface area contributed by atoms with Gasteiger partial charge in [-0.1, -0.05) is 42.5 Å². The quantitative estimate of drug-likeness (QED) is 0.452. The maximum Gasteiger partial charge on any atom is 0.133 e. The number of nitrogens with zero attached hydrogens (tertiary/aromatic N) is 2. The van der Waals surface area contributed by atoms with Crippen LogP contribution in [-0.4, -0.2) is 21.4 Å². The van der Waals surface area contributed by atoms with E-state index in [9.17, 15) is 5.11 Å². The van der Waals surface area contributed by atoms with Crippen LogP contribution in [0.5, 0.6) is 0 Å². The van der Waals surface area contributed by atoms with E-state index in [0.717, 1.165) is 16.8 Å². The van der Waals surface area contributed by atoms with Crippen molar-refractivity contribution >= 4 is 0 Å². The van der Waals surface area contributed by atoms with Crippen LogP contribution in [0.25, 0.3) is 11.3 Å². The molecule has 154 valence electrons. The zero-order valence-electron chi connectivity index (χ0n) is 17.4. The number of aromatic nitrogens is 2. The van der Waals surface area contributed by atoms with E-state index < -0.39 is 6.10 Å². The van der Waals surface area contributed by atoms with Gasteiger partial charge in [0, 0.05) is 30.4 Å². The van der Waals surface area contributed by atoms with Crippen LogP contribution in [0.1, 0.15) is 34.1 Å². The van der Waals surface area contributed by atoms with Crippen molar-refractivity contribution in [1.82, 2.24) is 15.1 Å². The van der Waals surface area contributed by atoms with Crippen molar-refractivity contribution in [3.63, 3.8) is 0 Å². The molecule has 2 aromatic carbocycles. The summed E-state index contributed by atoms with van der Waals surface area (Å²) in [5, 5.41) is 18.5. The molecule has 4 rings (SSSR count). The molecular formula is C25H27N3O2. The highest BCUT2D eigenvalue weighted by molar-refractivity contribution is 5.64. The molecule has 4 aromatic rings. The van der Waals surface area contributed by atoms with Crippen molar-refractivity contribution in [2.75, 3.05) is 6.54 Å². The lowest BCUT2D eigenvalue weighted by Crippen LogP contribution is -2.20. The van der Waals surface area contributed by atoms with Crippen LogP contribution < -0.4 is 5.32 Å². The summed E-state index contributed by atoms with van der Waals surface area (Å²) in [4.78, 5) is 0. The highest BCUT2D eigenvalue weighted by Crippen LogP contribution is 2.25. The van der Waals surface area contributed by atoms with Gasteiger partial charge in [0.25, 0.3) is 0 Å². The van der Waals surface area contributed by atoms with Crippen LogP contribution in [0.2, 0.25) is 0 Å². The number of hydrogen-bond acceptors (Lipinski definition) is 4. The Bertz CT molecular complexity index is 1090. The van der Waals surface area contributed by atoms with Gasteiger partial charge in [0.2, 0.25) is 0 Å². The molecule has 0 aliphatic rings. The Morgan fingerprint density at radius 2 is 1.87 bits per heavy atom. The Kier molecular flexibility index (Phi) is 6.12. The van der Waals surface area contributed by atoms with Crippen molar-refractivity contribution in [3.8, 4) is 11.3 Å². The lowest BCUT2D eigenvalue weighted by Gasteiger charge is -2.10. The van der Waals surface area contributed by atoms with Gasteiger partial charge < -0.3 is 14.8 Å². The molecule has 0 fully saturated rings. The summed E-state index contributed by atoms with van der Waals surface area (Å²) in [5.41, 5.74) is 6.89. The molecule has 0 aliphatic carbocycles. The summed E-state index contributed by atoms with van der Waals surface area (Å²) in [6, 6.07) is 20.3. The molecule has 5 nitrogen and oxygen atoms in total. The predicted octanol–water partition coefficient (Wildman–Crippen LogP) is 4.63. The average molecular weight is 402 g/mol. The minimum absolute atomic E-state index is 0.406. The fourth-order valence-electron chi connectivity index (χ4n) is 3.50. The molecule has 0 radical (unpaired) electrons. The van der Waals surface area contributed by atoms with E-state index in [0.29, 0.717) is 25.4 Å². The second-order valence-corrected chi connectivity index (χ2v) is 7.65. The molecule has 30 heavy (non-hydrogen) atoms. The van der Waals surface area contributed by atoms with E-state index in [1.54, 1.807) is 18.4 Å². The van der Waals surface area contributed by atoms with Gasteiger partial charge >= 0.3 is 0 Å². The molecule has 1 atom stereocenters. The van der Waals surface area contributed by atoms with Crippen LogP contribution in [0.15, 0.2) is 77.5 Å². The first kappa shape index (κ1) is 20.1. The Balaban J connectivity index is 1.55. The molecule has 1 unspecified atom stereocenters. The van der Waals surface area contributed by atoms with Crippen molar-refractivity contribution in [2.45, 2.75) is 33.0 Å².